The van der Waals surface area contributed by atoms with Gasteiger partial charge < -0.3 is 15.4 Å². The summed E-state index contributed by atoms with van der Waals surface area (Å²) in [6, 6.07) is 9.31. The zero-order chi connectivity index (χ0) is 13.7. The SMILES string of the molecule is CC(C)[C@H]1OCC[C@@H]1CNC(=O)Nc1ccccc1. The number of nitrogens with one attached hydrogen (secondary N) is 2. The first kappa shape index (κ1) is 13.9. The number of rotatable bonds is 4. The minimum absolute atomic E-state index is 0.152. The number of ether oxygens (including phenoxy) is 1. The first-order valence-electron chi connectivity index (χ1n) is 6.88. The Kier molecular flexibility index (Phi) is 4.80. The predicted molar refractivity (Wildman–Crippen MR) is 76.1 cm³/mol. The van der Waals surface area contributed by atoms with E-state index in [1.165, 1.54) is 0 Å². The fourth-order valence-electron chi connectivity index (χ4n) is 2.53. The third-order valence-electron chi connectivity index (χ3n) is 3.48. The molecule has 1 aromatic carbocycles. The second-order valence-electron chi connectivity index (χ2n) is 5.33. The third kappa shape index (κ3) is 3.96. The lowest BCUT2D eigenvalue weighted by Gasteiger charge is -2.22. The van der Waals surface area contributed by atoms with E-state index in [-0.39, 0.29) is 12.1 Å². The number of anilines is 1. The van der Waals surface area contributed by atoms with Crippen LogP contribution in [0.15, 0.2) is 30.3 Å². The Morgan fingerprint density at radius 2 is 2.11 bits per heavy atom. The molecule has 0 spiro atoms. The Labute approximate surface area is 114 Å². The molecule has 0 saturated carbocycles. The van der Waals surface area contributed by atoms with Crippen molar-refractivity contribution < 1.29 is 9.53 Å². The zero-order valence-corrected chi connectivity index (χ0v) is 11.6. The van der Waals surface area contributed by atoms with Gasteiger partial charge in [-0.15, -0.1) is 0 Å². The molecule has 1 aliphatic rings. The van der Waals surface area contributed by atoms with Gasteiger partial charge in [-0.1, -0.05) is 32.0 Å². The zero-order valence-electron chi connectivity index (χ0n) is 11.6. The minimum atomic E-state index is -0.152. The van der Waals surface area contributed by atoms with E-state index in [0.717, 1.165) is 18.7 Å². The third-order valence-corrected chi connectivity index (χ3v) is 3.48. The minimum Gasteiger partial charge on any atom is -0.378 e. The molecule has 19 heavy (non-hydrogen) atoms. The van der Waals surface area contributed by atoms with Gasteiger partial charge in [-0.2, -0.15) is 0 Å². The highest BCUT2D eigenvalue weighted by atomic mass is 16.5. The van der Waals surface area contributed by atoms with Gasteiger partial charge in [-0.3, -0.25) is 0 Å². The monoisotopic (exact) mass is 262 g/mol. The molecule has 2 amide bonds. The molecule has 0 bridgehead atoms. The summed E-state index contributed by atoms with van der Waals surface area (Å²) in [6.07, 6.45) is 1.28. The van der Waals surface area contributed by atoms with Crippen LogP contribution >= 0.6 is 0 Å². The molecule has 0 radical (unpaired) electrons. The van der Waals surface area contributed by atoms with E-state index in [1.807, 2.05) is 30.3 Å². The maximum atomic E-state index is 11.8. The average molecular weight is 262 g/mol. The van der Waals surface area contributed by atoms with E-state index in [1.54, 1.807) is 0 Å². The molecule has 1 heterocycles. The number of hydrogen-bond acceptors (Lipinski definition) is 2. The number of carbonyl (C=O) groups is 1. The summed E-state index contributed by atoms with van der Waals surface area (Å²) in [5, 5.41) is 5.75. The van der Waals surface area contributed by atoms with Crippen molar-refractivity contribution >= 4 is 11.7 Å². The molecule has 104 valence electrons. The lowest BCUT2D eigenvalue weighted by Crippen LogP contribution is -2.37. The molecule has 2 rings (SSSR count). The summed E-state index contributed by atoms with van der Waals surface area (Å²) in [7, 11) is 0. The summed E-state index contributed by atoms with van der Waals surface area (Å²) >= 11 is 0. The molecule has 2 N–H and O–H groups in total. The van der Waals surface area contributed by atoms with Crippen LogP contribution in [0.4, 0.5) is 10.5 Å². The predicted octanol–water partition coefficient (Wildman–Crippen LogP) is 2.87. The molecule has 2 atom stereocenters. The highest BCUT2D eigenvalue weighted by Crippen LogP contribution is 2.26. The van der Waals surface area contributed by atoms with Crippen molar-refractivity contribution in [3.63, 3.8) is 0 Å². The average Bonchev–Trinajstić information content (AvgIpc) is 2.86. The van der Waals surface area contributed by atoms with Gasteiger partial charge in [-0.05, 0) is 24.5 Å². The van der Waals surface area contributed by atoms with Crippen LogP contribution in [0.5, 0.6) is 0 Å². The van der Waals surface area contributed by atoms with Gasteiger partial charge in [0.05, 0.1) is 6.10 Å². The van der Waals surface area contributed by atoms with E-state index in [2.05, 4.69) is 24.5 Å². The van der Waals surface area contributed by atoms with Gasteiger partial charge in [0, 0.05) is 24.8 Å². The molecule has 0 aromatic heterocycles. The number of para-hydroxylation sites is 1. The molecule has 4 nitrogen and oxygen atoms in total. The highest BCUT2D eigenvalue weighted by molar-refractivity contribution is 5.89. The topological polar surface area (TPSA) is 50.4 Å². The number of benzene rings is 1. The van der Waals surface area contributed by atoms with Crippen molar-refractivity contribution in [1.29, 1.82) is 0 Å². The number of amides is 2. The Morgan fingerprint density at radius 1 is 1.37 bits per heavy atom. The fourth-order valence-corrected chi connectivity index (χ4v) is 2.53. The Morgan fingerprint density at radius 3 is 2.79 bits per heavy atom. The van der Waals surface area contributed by atoms with Crippen LogP contribution in [0.1, 0.15) is 20.3 Å². The summed E-state index contributed by atoms with van der Waals surface area (Å²) in [5.41, 5.74) is 0.808. The number of hydrogen-bond donors (Lipinski definition) is 2. The molecule has 1 aliphatic heterocycles. The van der Waals surface area contributed by atoms with Gasteiger partial charge in [0.2, 0.25) is 0 Å². The van der Waals surface area contributed by atoms with E-state index in [9.17, 15) is 4.79 Å². The normalized spacial score (nSPS) is 22.5. The Bertz CT molecular complexity index is 406. The second-order valence-corrected chi connectivity index (χ2v) is 5.33. The van der Waals surface area contributed by atoms with Gasteiger partial charge >= 0.3 is 6.03 Å². The van der Waals surface area contributed by atoms with Gasteiger partial charge in [-0.25, -0.2) is 4.79 Å². The van der Waals surface area contributed by atoms with Crippen LogP contribution in [0, 0.1) is 11.8 Å². The van der Waals surface area contributed by atoms with Crippen molar-refractivity contribution in [2.45, 2.75) is 26.4 Å². The van der Waals surface area contributed by atoms with Crippen molar-refractivity contribution in [3.05, 3.63) is 30.3 Å². The maximum absolute atomic E-state index is 11.8. The Hall–Kier alpha value is -1.55. The van der Waals surface area contributed by atoms with E-state index in [4.69, 9.17) is 4.74 Å². The van der Waals surface area contributed by atoms with E-state index in [0.29, 0.717) is 18.4 Å². The van der Waals surface area contributed by atoms with Crippen LogP contribution in [0.2, 0.25) is 0 Å². The van der Waals surface area contributed by atoms with Gasteiger partial charge in [0.25, 0.3) is 0 Å². The van der Waals surface area contributed by atoms with E-state index >= 15 is 0 Å². The summed E-state index contributed by atoms with van der Waals surface area (Å²) in [5.74, 6) is 0.910. The quantitative estimate of drug-likeness (QED) is 0.876. The van der Waals surface area contributed by atoms with Crippen molar-refractivity contribution in [3.8, 4) is 0 Å². The molecule has 1 fully saturated rings. The van der Waals surface area contributed by atoms with Crippen LogP contribution in [-0.4, -0.2) is 25.3 Å². The lowest BCUT2D eigenvalue weighted by atomic mass is 9.93. The van der Waals surface area contributed by atoms with Crippen LogP contribution < -0.4 is 10.6 Å². The summed E-state index contributed by atoms with van der Waals surface area (Å²) in [6.45, 7) is 5.79. The van der Waals surface area contributed by atoms with Crippen LogP contribution in [0.3, 0.4) is 0 Å². The van der Waals surface area contributed by atoms with Crippen LogP contribution in [0.25, 0.3) is 0 Å². The summed E-state index contributed by atoms with van der Waals surface area (Å²) in [4.78, 5) is 11.8. The first-order valence-corrected chi connectivity index (χ1v) is 6.88. The number of carbonyl (C=O) groups excluding carboxylic acids is 1. The van der Waals surface area contributed by atoms with Crippen molar-refractivity contribution in [2.75, 3.05) is 18.5 Å². The number of urea groups is 1. The standard InChI is InChI=1S/C15H22N2O2/c1-11(2)14-12(8-9-19-14)10-16-15(18)17-13-6-4-3-5-7-13/h3-7,11-12,14H,8-10H2,1-2H3,(H2,16,17,18)/t12-,14-/m1/s1. The van der Waals surface area contributed by atoms with Crippen molar-refractivity contribution in [1.82, 2.24) is 5.32 Å². The van der Waals surface area contributed by atoms with Gasteiger partial charge in [0.1, 0.15) is 0 Å². The largest absolute Gasteiger partial charge is 0.378 e. The summed E-state index contributed by atoms with van der Waals surface area (Å²) < 4.78 is 5.71. The maximum Gasteiger partial charge on any atom is 0.319 e. The van der Waals surface area contributed by atoms with Crippen LogP contribution in [-0.2, 0) is 4.74 Å². The lowest BCUT2D eigenvalue weighted by molar-refractivity contribution is 0.0546. The molecule has 0 unspecified atom stereocenters. The second kappa shape index (κ2) is 6.57. The molecule has 1 aromatic rings. The van der Waals surface area contributed by atoms with Crippen molar-refractivity contribution in [2.24, 2.45) is 11.8 Å². The molecule has 1 saturated heterocycles. The fraction of sp³-hybridized carbons (Fsp3) is 0.533. The molecular formula is C15H22N2O2. The molecule has 0 aliphatic carbocycles. The highest BCUT2D eigenvalue weighted by Gasteiger charge is 2.30. The van der Waals surface area contributed by atoms with E-state index < -0.39 is 0 Å². The molecule has 4 heteroatoms. The molecular weight excluding hydrogens is 240 g/mol. The first-order chi connectivity index (χ1) is 9.16. The van der Waals surface area contributed by atoms with Gasteiger partial charge in [0.15, 0.2) is 0 Å². The smallest absolute Gasteiger partial charge is 0.319 e. The Balaban J connectivity index is 1.77.